The first kappa shape index (κ1) is 13.9. The second-order valence-electron chi connectivity index (χ2n) is 4.99. The van der Waals surface area contributed by atoms with Crippen LogP contribution in [-0.4, -0.2) is 4.92 Å². The molecule has 2 aromatic carbocycles. The number of para-hydroxylation sites is 1. The van der Waals surface area contributed by atoms with Gasteiger partial charge in [-0.1, -0.05) is 42.5 Å². The van der Waals surface area contributed by atoms with Crippen LogP contribution < -0.4 is 0 Å². The van der Waals surface area contributed by atoms with Crippen LogP contribution in [-0.2, 0) is 12.2 Å². The highest BCUT2D eigenvalue weighted by molar-refractivity contribution is 7.98. The van der Waals surface area contributed by atoms with Crippen LogP contribution in [0.15, 0.2) is 53.4 Å². The molecular formula is C17H15NO2S. The maximum Gasteiger partial charge on any atom is 0.282 e. The van der Waals surface area contributed by atoms with E-state index < -0.39 is 0 Å². The van der Waals surface area contributed by atoms with Crippen molar-refractivity contribution in [3.8, 4) is 0 Å². The van der Waals surface area contributed by atoms with Gasteiger partial charge in [0.15, 0.2) is 0 Å². The highest BCUT2D eigenvalue weighted by atomic mass is 32.2. The zero-order valence-electron chi connectivity index (χ0n) is 11.5. The number of aryl methyl sites for hydroxylation is 1. The van der Waals surface area contributed by atoms with Gasteiger partial charge in [0.25, 0.3) is 5.69 Å². The van der Waals surface area contributed by atoms with Crippen LogP contribution in [0.1, 0.15) is 23.1 Å². The van der Waals surface area contributed by atoms with Gasteiger partial charge in [0.1, 0.15) is 0 Å². The number of fused-ring (bicyclic) bond motifs is 1. The summed E-state index contributed by atoms with van der Waals surface area (Å²) in [6, 6.07) is 13.4. The van der Waals surface area contributed by atoms with Crippen LogP contribution in [0.5, 0.6) is 0 Å². The van der Waals surface area contributed by atoms with Crippen molar-refractivity contribution in [2.24, 2.45) is 0 Å². The summed E-state index contributed by atoms with van der Waals surface area (Å²) in [6.45, 7) is 0. The molecule has 0 bridgehead atoms. The molecule has 0 unspecified atom stereocenters. The third-order valence-corrected chi connectivity index (χ3v) is 4.68. The molecule has 106 valence electrons. The van der Waals surface area contributed by atoms with Gasteiger partial charge < -0.3 is 0 Å². The molecule has 0 spiro atoms. The van der Waals surface area contributed by atoms with E-state index in [0.717, 1.165) is 23.5 Å². The fourth-order valence-corrected chi connectivity index (χ4v) is 3.42. The van der Waals surface area contributed by atoms with Crippen LogP contribution >= 0.6 is 11.8 Å². The van der Waals surface area contributed by atoms with Crippen LogP contribution in [0.3, 0.4) is 0 Å². The molecule has 0 N–H and O–H groups in total. The Bertz CT molecular complexity index is 710. The van der Waals surface area contributed by atoms with Crippen molar-refractivity contribution in [1.82, 2.24) is 0 Å². The zero-order chi connectivity index (χ0) is 14.7. The third-order valence-electron chi connectivity index (χ3n) is 3.54. The Kier molecular flexibility index (Phi) is 4.06. The molecule has 0 atom stereocenters. The minimum atomic E-state index is -0.321. The lowest BCUT2D eigenvalue weighted by molar-refractivity contribution is -0.387. The van der Waals surface area contributed by atoms with Gasteiger partial charge in [-0.05, 0) is 35.6 Å². The van der Waals surface area contributed by atoms with Crippen molar-refractivity contribution < 1.29 is 4.92 Å². The number of rotatable bonds is 4. The number of allylic oxidation sites excluding steroid dienone is 1. The molecule has 0 amide bonds. The number of thioether (sulfide) groups is 1. The van der Waals surface area contributed by atoms with E-state index in [1.54, 1.807) is 18.2 Å². The number of nitro groups is 1. The van der Waals surface area contributed by atoms with Crippen LogP contribution in [0.4, 0.5) is 5.69 Å². The standard InChI is InChI=1S/C17H15NO2S/c19-18(20)16-7-3-4-8-17(16)21-12-13-9-10-14-5-1-2-6-15(14)11-13/h2-4,6-11H,1,5,12H2. The number of benzene rings is 2. The monoisotopic (exact) mass is 297 g/mol. The van der Waals surface area contributed by atoms with Gasteiger partial charge in [-0.3, -0.25) is 10.1 Å². The molecule has 0 aromatic heterocycles. The van der Waals surface area contributed by atoms with Gasteiger partial charge in [0, 0.05) is 11.8 Å². The number of hydrogen-bond donors (Lipinski definition) is 0. The highest BCUT2D eigenvalue weighted by Gasteiger charge is 2.13. The van der Waals surface area contributed by atoms with Crippen LogP contribution in [0.2, 0.25) is 0 Å². The van der Waals surface area contributed by atoms with E-state index in [1.807, 2.05) is 6.07 Å². The van der Waals surface area contributed by atoms with Gasteiger partial charge in [-0.25, -0.2) is 0 Å². The lowest BCUT2D eigenvalue weighted by Gasteiger charge is -2.12. The third kappa shape index (κ3) is 3.16. The van der Waals surface area contributed by atoms with Crippen molar-refractivity contribution in [1.29, 1.82) is 0 Å². The molecule has 1 aliphatic carbocycles. The van der Waals surface area contributed by atoms with Crippen molar-refractivity contribution in [2.45, 2.75) is 23.5 Å². The molecule has 0 saturated carbocycles. The summed E-state index contributed by atoms with van der Waals surface area (Å²) in [5.74, 6) is 0.742. The van der Waals surface area contributed by atoms with E-state index in [0.29, 0.717) is 0 Å². The van der Waals surface area contributed by atoms with E-state index in [-0.39, 0.29) is 10.6 Å². The van der Waals surface area contributed by atoms with Crippen LogP contribution in [0.25, 0.3) is 6.08 Å². The second-order valence-corrected chi connectivity index (χ2v) is 6.00. The molecule has 0 radical (unpaired) electrons. The Morgan fingerprint density at radius 3 is 2.90 bits per heavy atom. The molecule has 3 rings (SSSR count). The topological polar surface area (TPSA) is 43.1 Å². The van der Waals surface area contributed by atoms with Crippen molar-refractivity contribution in [2.75, 3.05) is 0 Å². The number of nitrogens with zero attached hydrogens (tertiary/aromatic N) is 1. The molecule has 0 saturated heterocycles. The largest absolute Gasteiger partial charge is 0.282 e. The summed E-state index contributed by atoms with van der Waals surface area (Å²) in [5.41, 5.74) is 4.04. The predicted octanol–water partition coefficient (Wildman–Crippen LogP) is 4.85. The van der Waals surface area contributed by atoms with Crippen molar-refractivity contribution >= 4 is 23.5 Å². The SMILES string of the molecule is O=[N+]([O-])c1ccccc1SCc1ccc2c(c1)C=CCC2. The minimum absolute atomic E-state index is 0.181. The van der Waals surface area contributed by atoms with E-state index in [2.05, 4.69) is 30.4 Å². The average Bonchev–Trinajstić information content (AvgIpc) is 2.53. The minimum Gasteiger partial charge on any atom is -0.258 e. The molecule has 3 nitrogen and oxygen atoms in total. The lowest BCUT2D eigenvalue weighted by atomic mass is 9.96. The van der Waals surface area contributed by atoms with Crippen molar-refractivity contribution in [3.63, 3.8) is 0 Å². The van der Waals surface area contributed by atoms with E-state index in [1.165, 1.54) is 28.5 Å². The molecule has 4 heteroatoms. The van der Waals surface area contributed by atoms with Gasteiger partial charge in [0.2, 0.25) is 0 Å². The fraction of sp³-hybridized carbons (Fsp3) is 0.176. The quantitative estimate of drug-likeness (QED) is 0.460. The average molecular weight is 297 g/mol. The summed E-state index contributed by atoms with van der Waals surface area (Å²) in [5, 5.41) is 11.0. The molecule has 0 fully saturated rings. The Morgan fingerprint density at radius 2 is 2.05 bits per heavy atom. The van der Waals surface area contributed by atoms with Gasteiger partial charge in [-0.2, -0.15) is 0 Å². The number of nitro benzene ring substituents is 1. The second kappa shape index (κ2) is 6.14. The normalized spacial score (nSPS) is 13.0. The first-order valence-corrected chi connectivity index (χ1v) is 7.87. The summed E-state index contributed by atoms with van der Waals surface area (Å²) >= 11 is 1.51. The Hall–Kier alpha value is -2.07. The van der Waals surface area contributed by atoms with Gasteiger partial charge >= 0.3 is 0 Å². The summed E-state index contributed by atoms with van der Waals surface area (Å²) in [7, 11) is 0. The fourth-order valence-electron chi connectivity index (χ4n) is 2.46. The first-order valence-electron chi connectivity index (χ1n) is 6.88. The summed E-state index contributed by atoms with van der Waals surface area (Å²) < 4.78 is 0. The first-order chi connectivity index (χ1) is 10.2. The maximum atomic E-state index is 11.0. The van der Waals surface area contributed by atoms with Crippen molar-refractivity contribution in [3.05, 3.63) is 75.3 Å². The summed E-state index contributed by atoms with van der Waals surface area (Å²) in [6.07, 6.45) is 6.57. The Labute approximate surface area is 127 Å². The molecule has 0 aliphatic heterocycles. The molecule has 2 aromatic rings. The predicted molar refractivity (Wildman–Crippen MR) is 86.5 cm³/mol. The Balaban J connectivity index is 1.77. The molecule has 21 heavy (non-hydrogen) atoms. The Morgan fingerprint density at radius 1 is 1.19 bits per heavy atom. The molecule has 0 heterocycles. The summed E-state index contributed by atoms with van der Waals surface area (Å²) in [4.78, 5) is 11.4. The zero-order valence-corrected chi connectivity index (χ0v) is 12.3. The smallest absolute Gasteiger partial charge is 0.258 e. The molecule has 1 aliphatic rings. The van der Waals surface area contributed by atoms with Gasteiger partial charge in [0.05, 0.1) is 9.82 Å². The van der Waals surface area contributed by atoms with Gasteiger partial charge in [-0.15, -0.1) is 11.8 Å². The van der Waals surface area contributed by atoms with E-state index in [4.69, 9.17) is 0 Å². The van der Waals surface area contributed by atoms with Crippen LogP contribution in [0, 0.1) is 10.1 Å². The highest BCUT2D eigenvalue weighted by Crippen LogP contribution is 2.32. The lowest BCUT2D eigenvalue weighted by Crippen LogP contribution is -1.95. The van der Waals surface area contributed by atoms with E-state index >= 15 is 0 Å². The number of hydrogen-bond acceptors (Lipinski definition) is 3. The van der Waals surface area contributed by atoms with E-state index in [9.17, 15) is 10.1 Å². The molecular weight excluding hydrogens is 282 g/mol. The maximum absolute atomic E-state index is 11.0.